The van der Waals surface area contributed by atoms with Crippen molar-refractivity contribution in [3.05, 3.63) is 28.8 Å². The molecule has 0 aromatic heterocycles. The van der Waals surface area contributed by atoms with E-state index in [1.54, 1.807) is 7.11 Å². The summed E-state index contributed by atoms with van der Waals surface area (Å²) in [7, 11) is 1.66. The van der Waals surface area contributed by atoms with Crippen molar-refractivity contribution in [2.24, 2.45) is 0 Å². The summed E-state index contributed by atoms with van der Waals surface area (Å²) >= 11 is 5.94. The van der Waals surface area contributed by atoms with Crippen molar-refractivity contribution in [1.82, 2.24) is 5.32 Å². The number of rotatable bonds is 8. The first-order valence-electron chi connectivity index (χ1n) is 5.92. The van der Waals surface area contributed by atoms with Crippen LogP contribution in [0.5, 0.6) is 5.75 Å². The quantitative estimate of drug-likeness (QED) is 0.704. The summed E-state index contributed by atoms with van der Waals surface area (Å²) in [5.41, 5.74) is 1.07. The smallest absolute Gasteiger partial charge is 0.123 e. The number of unbranched alkanes of at least 4 members (excludes halogenated alkanes) is 2. The Kier molecular flexibility index (Phi) is 7.01. The van der Waals surface area contributed by atoms with Gasteiger partial charge in [-0.15, -0.1) is 0 Å². The van der Waals surface area contributed by atoms with Gasteiger partial charge >= 0.3 is 0 Å². The van der Waals surface area contributed by atoms with Gasteiger partial charge in [0.1, 0.15) is 5.75 Å². The molecule has 3 nitrogen and oxygen atoms in total. The number of methoxy groups -OCH3 is 1. The molecule has 0 radical (unpaired) electrons. The number of nitrogens with one attached hydrogen (secondary N) is 1. The Labute approximate surface area is 108 Å². The van der Waals surface area contributed by atoms with Gasteiger partial charge in [0.2, 0.25) is 0 Å². The van der Waals surface area contributed by atoms with Crippen molar-refractivity contribution in [2.45, 2.75) is 25.8 Å². The molecular formula is C13H20ClNO2. The number of aliphatic hydroxyl groups excluding tert-OH is 1. The first-order valence-corrected chi connectivity index (χ1v) is 6.29. The van der Waals surface area contributed by atoms with E-state index in [9.17, 15) is 0 Å². The molecule has 0 atom stereocenters. The molecular weight excluding hydrogens is 238 g/mol. The lowest BCUT2D eigenvalue weighted by molar-refractivity contribution is 0.283. The highest BCUT2D eigenvalue weighted by Gasteiger charge is 2.02. The molecule has 4 heteroatoms. The van der Waals surface area contributed by atoms with Gasteiger partial charge in [-0.25, -0.2) is 0 Å². The number of hydrogen-bond acceptors (Lipinski definition) is 3. The molecule has 0 bridgehead atoms. The van der Waals surface area contributed by atoms with E-state index in [4.69, 9.17) is 21.4 Å². The molecule has 0 aliphatic heterocycles. The molecule has 0 aliphatic carbocycles. The average molecular weight is 258 g/mol. The Hall–Kier alpha value is -0.770. The predicted molar refractivity (Wildman–Crippen MR) is 70.6 cm³/mol. The van der Waals surface area contributed by atoms with Crippen LogP contribution in [0.3, 0.4) is 0 Å². The summed E-state index contributed by atoms with van der Waals surface area (Å²) in [5, 5.41) is 12.7. The van der Waals surface area contributed by atoms with Gasteiger partial charge in [0.05, 0.1) is 7.11 Å². The van der Waals surface area contributed by atoms with E-state index in [0.717, 1.165) is 48.7 Å². The second-order valence-electron chi connectivity index (χ2n) is 3.92. The molecule has 0 heterocycles. The predicted octanol–water partition coefficient (Wildman–Crippen LogP) is 2.60. The normalized spacial score (nSPS) is 10.5. The van der Waals surface area contributed by atoms with Crippen molar-refractivity contribution in [1.29, 1.82) is 0 Å². The highest BCUT2D eigenvalue weighted by atomic mass is 35.5. The number of ether oxygens (including phenoxy) is 1. The fourth-order valence-corrected chi connectivity index (χ4v) is 1.84. The number of halogens is 1. The van der Waals surface area contributed by atoms with Crippen molar-refractivity contribution < 1.29 is 9.84 Å². The molecule has 0 spiro atoms. The number of benzene rings is 1. The maximum absolute atomic E-state index is 8.65. The summed E-state index contributed by atoms with van der Waals surface area (Å²) < 4.78 is 5.26. The van der Waals surface area contributed by atoms with Crippen LogP contribution in [-0.4, -0.2) is 25.4 Å². The number of hydrogen-bond donors (Lipinski definition) is 2. The van der Waals surface area contributed by atoms with Crippen LogP contribution in [0, 0.1) is 0 Å². The average Bonchev–Trinajstić information content (AvgIpc) is 2.34. The third-order valence-electron chi connectivity index (χ3n) is 2.57. The Morgan fingerprint density at radius 1 is 1.29 bits per heavy atom. The summed E-state index contributed by atoms with van der Waals surface area (Å²) in [6.07, 6.45) is 3.00. The minimum absolute atomic E-state index is 0.280. The second-order valence-corrected chi connectivity index (χ2v) is 4.35. The maximum Gasteiger partial charge on any atom is 0.123 e. The third-order valence-corrected chi connectivity index (χ3v) is 2.80. The molecule has 1 aromatic rings. The van der Waals surface area contributed by atoms with Crippen molar-refractivity contribution >= 4 is 11.6 Å². The van der Waals surface area contributed by atoms with Crippen LogP contribution in [0.25, 0.3) is 0 Å². The maximum atomic E-state index is 8.65. The van der Waals surface area contributed by atoms with Gasteiger partial charge < -0.3 is 15.2 Å². The lowest BCUT2D eigenvalue weighted by Gasteiger charge is -2.10. The first-order chi connectivity index (χ1) is 8.27. The summed E-state index contributed by atoms with van der Waals surface area (Å²) in [5.74, 6) is 0.859. The van der Waals surface area contributed by atoms with Crippen molar-refractivity contribution in [2.75, 3.05) is 20.3 Å². The van der Waals surface area contributed by atoms with Crippen molar-refractivity contribution in [3.63, 3.8) is 0 Å². The van der Waals surface area contributed by atoms with Crippen molar-refractivity contribution in [3.8, 4) is 5.75 Å². The molecule has 1 rings (SSSR count). The van der Waals surface area contributed by atoms with Crippen LogP contribution in [0.2, 0.25) is 5.02 Å². The van der Waals surface area contributed by atoms with Crippen LogP contribution in [0.15, 0.2) is 18.2 Å². The Morgan fingerprint density at radius 2 is 2.12 bits per heavy atom. The van der Waals surface area contributed by atoms with Gasteiger partial charge in [-0.1, -0.05) is 11.6 Å². The molecule has 2 N–H and O–H groups in total. The van der Waals surface area contributed by atoms with E-state index in [-0.39, 0.29) is 6.61 Å². The zero-order chi connectivity index (χ0) is 12.5. The fourth-order valence-electron chi connectivity index (χ4n) is 1.65. The Balaban J connectivity index is 2.32. The van der Waals surface area contributed by atoms with E-state index in [2.05, 4.69) is 5.32 Å². The highest BCUT2D eigenvalue weighted by molar-refractivity contribution is 6.30. The van der Waals surface area contributed by atoms with E-state index >= 15 is 0 Å². The third kappa shape index (κ3) is 5.39. The molecule has 0 saturated carbocycles. The monoisotopic (exact) mass is 257 g/mol. The molecule has 96 valence electrons. The van der Waals surface area contributed by atoms with E-state index in [1.807, 2.05) is 18.2 Å². The zero-order valence-electron chi connectivity index (χ0n) is 10.2. The minimum Gasteiger partial charge on any atom is -0.496 e. The lowest BCUT2D eigenvalue weighted by Crippen LogP contribution is -2.15. The van der Waals surface area contributed by atoms with Crippen LogP contribution in [-0.2, 0) is 6.54 Å². The molecule has 0 amide bonds. The Bertz CT molecular complexity index is 331. The van der Waals surface area contributed by atoms with E-state index in [0.29, 0.717) is 0 Å². The highest BCUT2D eigenvalue weighted by Crippen LogP contribution is 2.22. The second kappa shape index (κ2) is 8.34. The van der Waals surface area contributed by atoms with E-state index < -0.39 is 0 Å². The minimum atomic E-state index is 0.280. The van der Waals surface area contributed by atoms with Crippen LogP contribution in [0.4, 0.5) is 0 Å². The molecule has 1 aromatic carbocycles. The molecule has 0 saturated heterocycles. The molecule has 0 aliphatic rings. The molecule has 17 heavy (non-hydrogen) atoms. The zero-order valence-corrected chi connectivity index (χ0v) is 11.0. The van der Waals surface area contributed by atoms with Gasteiger partial charge in [-0.2, -0.15) is 0 Å². The summed E-state index contributed by atoms with van der Waals surface area (Å²) in [6.45, 7) is 1.97. The van der Waals surface area contributed by atoms with Gasteiger partial charge in [0, 0.05) is 23.7 Å². The SMILES string of the molecule is COc1ccc(Cl)cc1CNCCCCCO. The molecule has 0 fully saturated rings. The first kappa shape index (κ1) is 14.3. The lowest BCUT2D eigenvalue weighted by atomic mass is 10.2. The van der Waals surface area contributed by atoms with Gasteiger partial charge in [-0.05, 0) is 44.0 Å². The fraction of sp³-hybridized carbons (Fsp3) is 0.538. The van der Waals surface area contributed by atoms with Crippen LogP contribution < -0.4 is 10.1 Å². The summed E-state index contributed by atoms with van der Waals surface area (Å²) in [6, 6.07) is 5.62. The van der Waals surface area contributed by atoms with E-state index in [1.165, 1.54) is 0 Å². The Morgan fingerprint density at radius 3 is 2.82 bits per heavy atom. The van der Waals surface area contributed by atoms with Gasteiger partial charge in [-0.3, -0.25) is 0 Å². The van der Waals surface area contributed by atoms with Gasteiger partial charge in [0.15, 0.2) is 0 Å². The number of aliphatic hydroxyl groups is 1. The standard InChI is InChI=1S/C13H20ClNO2/c1-17-13-6-5-12(14)9-11(13)10-15-7-3-2-4-8-16/h5-6,9,15-16H,2-4,7-8,10H2,1H3. The van der Waals surface area contributed by atoms with Gasteiger partial charge in [0.25, 0.3) is 0 Å². The van der Waals surface area contributed by atoms with Crippen LogP contribution >= 0.6 is 11.6 Å². The molecule has 0 unspecified atom stereocenters. The van der Waals surface area contributed by atoms with Crippen LogP contribution in [0.1, 0.15) is 24.8 Å². The largest absolute Gasteiger partial charge is 0.496 e. The topological polar surface area (TPSA) is 41.5 Å². The summed E-state index contributed by atoms with van der Waals surface area (Å²) in [4.78, 5) is 0.